The maximum absolute atomic E-state index is 10.8. The molecule has 9 heavy (non-hydrogen) atoms. The minimum absolute atomic E-state index is 0.279. The van der Waals surface area contributed by atoms with Crippen LogP contribution in [0, 0.1) is 5.92 Å². The molecule has 0 amide bonds. The highest BCUT2D eigenvalue weighted by Gasteiger charge is 2.23. The third-order valence-electron chi connectivity index (χ3n) is 1.98. The quantitative estimate of drug-likeness (QED) is 0.488. The maximum Gasteiger partial charge on any atom is 0.158 e. The van der Waals surface area contributed by atoms with E-state index in [1.165, 1.54) is 0 Å². The Kier molecular flexibility index (Phi) is 1.70. The number of hydrogen-bond donors (Lipinski definition) is 0. The Morgan fingerprint density at radius 3 is 2.56 bits per heavy atom. The highest BCUT2D eigenvalue weighted by atomic mass is 16.1. The number of allylic oxidation sites excluding steroid dienone is 1. The van der Waals surface area contributed by atoms with E-state index in [0.29, 0.717) is 5.92 Å². The summed E-state index contributed by atoms with van der Waals surface area (Å²) in [4.78, 5) is 10.8. The molecule has 1 atom stereocenters. The SMILES string of the molecule is C=C1C[C@@H](CC)CC1=O. The minimum atomic E-state index is 0.279. The third-order valence-corrected chi connectivity index (χ3v) is 1.98. The first kappa shape index (κ1) is 6.53. The van der Waals surface area contributed by atoms with Gasteiger partial charge in [-0.25, -0.2) is 0 Å². The molecule has 1 aliphatic carbocycles. The zero-order valence-electron chi connectivity index (χ0n) is 5.81. The van der Waals surface area contributed by atoms with E-state index in [1.807, 2.05) is 0 Å². The molecule has 1 nitrogen and oxygen atoms in total. The molecule has 0 bridgehead atoms. The van der Waals surface area contributed by atoms with Gasteiger partial charge < -0.3 is 0 Å². The van der Waals surface area contributed by atoms with Crippen LogP contribution in [-0.2, 0) is 4.79 Å². The van der Waals surface area contributed by atoms with Gasteiger partial charge in [-0.3, -0.25) is 4.79 Å². The predicted molar refractivity (Wildman–Crippen MR) is 37.2 cm³/mol. The van der Waals surface area contributed by atoms with E-state index in [2.05, 4.69) is 13.5 Å². The van der Waals surface area contributed by atoms with E-state index >= 15 is 0 Å². The Labute approximate surface area is 55.8 Å². The van der Waals surface area contributed by atoms with Crippen LogP contribution in [0.25, 0.3) is 0 Å². The van der Waals surface area contributed by atoms with E-state index in [1.54, 1.807) is 0 Å². The summed E-state index contributed by atoms with van der Waals surface area (Å²) in [6.45, 7) is 5.81. The Balaban J connectivity index is 2.54. The first-order chi connectivity index (χ1) is 4.24. The topological polar surface area (TPSA) is 17.1 Å². The molecule has 0 aromatic rings. The summed E-state index contributed by atoms with van der Waals surface area (Å²) < 4.78 is 0. The van der Waals surface area contributed by atoms with Crippen LogP contribution in [0.1, 0.15) is 26.2 Å². The van der Waals surface area contributed by atoms with Crippen LogP contribution >= 0.6 is 0 Å². The van der Waals surface area contributed by atoms with Gasteiger partial charge in [0.1, 0.15) is 0 Å². The van der Waals surface area contributed by atoms with Gasteiger partial charge in [-0.1, -0.05) is 19.9 Å². The molecule has 1 heteroatoms. The van der Waals surface area contributed by atoms with Crippen LogP contribution in [-0.4, -0.2) is 5.78 Å². The molecule has 1 fully saturated rings. The van der Waals surface area contributed by atoms with E-state index in [4.69, 9.17) is 0 Å². The summed E-state index contributed by atoms with van der Waals surface area (Å²) in [5.41, 5.74) is 0.835. The van der Waals surface area contributed by atoms with Crippen molar-refractivity contribution < 1.29 is 4.79 Å². The highest BCUT2D eigenvalue weighted by Crippen LogP contribution is 2.27. The zero-order valence-corrected chi connectivity index (χ0v) is 5.81. The first-order valence-electron chi connectivity index (χ1n) is 3.45. The largest absolute Gasteiger partial charge is 0.295 e. The van der Waals surface area contributed by atoms with Crippen molar-refractivity contribution in [1.29, 1.82) is 0 Å². The second-order valence-corrected chi connectivity index (χ2v) is 2.71. The van der Waals surface area contributed by atoms with Crippen molar-refractivity contribution in [3.05, 3.63) is 12.2 Å². The fourth-order valence-corrected chi connectivity index (χ4v) is 1.23. The average Bonchev–Trinajstić information content (AvgIpc) is 2.13. The fraction of sp³-hybridized carbons (Fsp3) is 0.625. The molecule has 0 aliphatic heterocycles. The Hall–Kier alpha value is -0.590. The number of Topliss-reactive ketones (excluding diaryl/α,β-unsaturated/α-hetero) is 1. The van der Waals surface area contributed by atoms with Crippen LogP contribution in [0.15, 0.2) is 12.2 Å². The van der Waals surface area contributed by atoms with Crippen molar-refractivity contribution in [1.82, 2.24) is 0 Å². The van der Waals surface area contributed by atoms with Crippen molar-refractivity contribution in [2.75, 3.05) is 0 Å². The number of ketones is 1. The zero-order chi connectivity index (χ0) is 6.85. The summed E-state index contributed by atoms with van der Waals surface area (Å²) in [5, 5.41) is 0. The van der Waals surface area contributed by atoms with Crippen LogP contribution in [0.2, 0.25) is 0 Å². The smallest absolute Gasteiger partial charge is 0.158 e. The standard InChI is InChI=1S/C8H12O/c1-3-7-4-6(2)8(9)5-7/h7H,2-5H2,1H3/t7-/m1/s1. The Bertz CT molecular complexity index is 131. The Morgan fingerprint density at radius 2 is 2.33 bits per heavy atom. The van der Waals surface area contributed by atoms with Crippen LogP contribution in [0.4, 0.5) is 0 Å². The second-order valence-electron chi connectivity index (χ2n) is 2.71. The maximum atomic E-state index is 10.8. The average molecular weight is 124 g/mol. The van der Waals surface area contributed by atoms with Crippen molar-refractivity contribution in [3.8, 4) is 0 Å². The van der Waals surface area contributed by atoms with Gasteiger partial charge >= 0.3 is 0 Å². The van der Waals surface area contributed by atoms with Gasteiger partial charge in [0.15, 0.2) is 5.78 Å². The highest BCUT2D eigenvalue weighted by molar-refractivity contribution is 5.97. The van der Waals surface area contributed by atoms with Gasteiger partial charge in [-0.05, 0) is 17.9 Å². The molecule has 1 aliphatic rings. The molecule has 0 aromatic heterocycles. The molecule has 0 saturated heterocycles. The number of carbonyl (C=O) groups is 1. The molecular formula is C8H12O. The molecule has 0 spiro atoms. The summed E-state index contributed by atoms with van der Waals surface area (Å²) >= 11 is 0. The van der Waals surface area contributed by atoms with Crippen LogP contribution in [0.5, 0.6) is 0 Å². The Morgan fingerprint density at radius 1 is 1.67 bits per heavy atom. The molecule has 0 N–H and O–H groups in total. The van der Waals surface area contributed by atoms with Crippen molar-refractivity contribution >= 4 is 5.78 Å². The lowest BCUT2D eigenvalue weighted by atomic mass is 10.1. The van der Waals surface area contributed by atoms with Gasteiger partial charge in [0.05, 0.1) is 0 Å². The number of hydrogen-bond acceptors (Lipinski definition) is 1. The van der Waals surface area contributed by atoms with Crippen molar-refractivity contribution in [2.24, 2.45) is 5.92 Å². The van der Waals surface area contributed by atoms with Gasteiger partial charge in [-0.2, -0.15) is 0 Å². The lowest BCUT2D eigenvalue weighted by Gasteiger charge is -1.98. The molecule has 0 radical (unpaired) electrons. The lowest BCUT2D eigenvalue weighted by molar-refractivity contribution is -0.114. The molecule has 50 valence electrons. The monoisotopic (exact) mass is 124 g/mol. The van der Waals surface area contributed by atoms with Crippen LogP contribution < -0.4 is 0 Å². The molecule has 1 saturated carbocycles. The molecule has 0 unspecified atom stereocenters. The van der Waals surface area contributed by atoms with E-state index in [9.17, 15) is 4.79 Å². The summed E-state index contributed by atoms with van der Waals surface area (Å²) in [6, 6.07) is 0. The molecule has 0 aromatic carbocycles. The first-order valence-corrected chi connectivity index (χ1v) is 3.45. The van der Waals surface area contributed by atoms with E-state index in [-0.39, 0.29) is 5.78 Å². The summed E-state index contributed by atoms with van der Waals surface area (Å²) in [7, 11) is 0. The lowest BCUT2D eigenvalue weighted by Crippen LogP contribution is -1.91. The predicted octanol–water partition coefficient (Wildman–Crippen LogP) is 1.93. The van der Waals surface area contributed by atoms with Crippen LogP contribution in [0.3, 0.4) is 0 Å². The summed E-state index contributed by atoms with van der Waals surface area (Å²) in [6.07, 6.45) is 2.80. The van der Waals surface area contributed by atoms with Gasteiger partial charge in [-0.15, -0.1) is 0 Å². The van der Waals surface area contributed by atoms with Gasteiger partial charge in [0.2, 0.25) is 0 Å². The normalized spacial score (nSPS) is 27.4. The number of carbonyl (C=O) groups excluding carboxylic acids is 1. The molecular weight excluding hydrogens is 112 g/mol. The van der Waals surface area contributed by atoms with E-state index < -0.39 is 0 Å². The third kappa shape index (κ3) is 1.21. The summed E-state index contributed by atoms with van der Waals surface area (Å²) in [5.74, 6) is 0.881. The van der Waals surface area contributed by atoms with E-state index in [0.717, 1.165) is 24.8 Å². The van der Waals surface area contributed by atoms with Gasteiger partial charge in [0, 0.05) is 6.42 Å². The minimum Gasteiger partial charge on any atom is -0.295 e. The van der Waals surface area contributed by atoms with Gasteiger partial charge in [0.25, 0.3) is 0 Å². The van der Waals surface area contributed by atoms with Crippen molar-refractivity contribution in [2.45, 2.75) is 26.2 Å². The molecule has 0 heterocycles. The van der Waals surface area contributed by atoms with Crippen molar-refractivity contribution in [3.63, 3.8) is 0 Å². The number of rotatable bonds is 1. The molecule has 1 rings (SSSR count). The fourth-order valence-electron chi connectivity index (χ4n) is 1.23. The second kappa shape index (κ2) is 2.34.